The van der Waals surface area contributed by atoms with E-state index in [4.69, 9.17) is 4.74 Å². The predicted octanol–water partition coefficient (Wildman–Crippen LogP) is 3.16. The fraction of sp³-hybridized carbons (Fsp3) is 0.417. The van der Waals surface area contributed by atoms with Crippen LogP contribution >= 0.6 is 0 Å². The molecule has 0 bridgehead atoms. The molecule has 2 aromatic heterocycles. The quantitative estimate of drug-likeness (QED) is 0.624. The minimum atomic E-state index is 0.168. The van der Waals surface area contributed by atoms with Crippen LogP contribution in [0.5, 0.6) is 0 Å². The summed E-state index contributed by atoms with van der Waals surface area (Å²) in [5.74, 6) is 0.168. The normalized spacial score (nSPS) is 14.8. The lowest BCUT2D eigenvalue weighted by Crippen LogP contribution is -2.39. The zero-order valence-corrected chi connectivity index (χ0v) is 17.6. The third-order valence-corrected chi connectivity index (χ3v) is 5.84. The summed E-state index contributed by atoms with van der Waals surface area (Å²) in [4.78, 5) is 25.3. The van der Waals surface area contributed by atoms with Gasteiger partial charge in [-0.05, 0) is 42.7 Å². The van der Waals surface area contributed by atoms with Gasteiger partial charge in [0.2, 0.25) is 5.91 Å². The zero-order chi connectivity index (χ0) is 20.8. The highest BCUT2D eigenvalue weighted by Gasteiger charge is 2.19. The Hall–Kier alpha value is -2.70. The Morgan fingerprint density at radius 1 is 1.17 bits per heavy atom. The summed E-state index contributed by atoms with van der Waals surface area (Å²) in [6.45, 7) is 7.98. The molecule has 1 aromatic carbocycles. The summed E-state index contributed by atoms with van der Waals surface area (Å²) in [6.07, 6.45) is 4.95. The molecule has 0 unspecified atom stereocenters. The molecule has 6 nitrogen and oxygen atoms in total. The van der Waals surface area contributed by atoms with E-state index in [1.165, 1.54) is 0 Å². The van der Waals surface area contributed by atoms with Crippen molar-refractivity contribution in [3.8, 4) is 0 Å². The van der Waals surface area contributed by atoms with E-state index in [1.54, 1.807) is 12.4 Å². The summed E-state index contributed by atoms with van der Waals surface area (Å²) in [7, 11) is 0. The van der Waals surface area contributed by atoms with Crippen molar-refractivity contribution >= 4 is 16.8 Å². The summed E-state index contributed by atoms with van der Waals surface area (Å²) < 4.78 is 5.43. The number of hydrogen-bond donors (Lipinski definition) is 1. The van der Waals surface area contributed by atoms with E-state index in [1.807, 2.05) is 36.1 Å². The first-order chi connectivity index (χ1) is 14.7. The van der Waals surface area contributed by atoms with Gasteiger partial charge in [0.25, 0.3) is 0 Å². The van der Waals surface area contributed by atoms with Crippen LogP contribution in [0.2, 0.25) is 0 Å². The van der Waals surface area contributed by atoms with Crippen LogP contribution in [0.3, 0.4) is 0 Å². The number of amides is 1. The molecule has 0 aliphatic carbocycles. The van der Waals surface area contributed by atoms with Crippen molar-refractivity contribution in [3.63, 3.8) is 0 Å². The Balaban J connectivity index is 1.45. The van der Waals surface area contributed by atoms with Gasteiger partial charge in [-0.2, -0.15) is 0 Å². The largest absolute Gasteiger partial charge is 0.379 e. The number of aryl methyl sites for hydroxylation is 1. The number of fused-ring (bicyclic) bond motifs is 1. The summed E-state index contributed by atoms with van der Waals surface area (Å²) >= 11 is 0. The molecule has 3 heterocycles. The number of aromatic amines is 1. The van der Waals surface area contributed by atoms with Crippen molar-refractivity contribution in [3.05, 3.63) is 65.6 Å². The van der Waals surface area contributed by atoms with E-state index < -0.39 is 0 Å². The number of nitrogens with zero attached hydrogens (tertiary/aromatic N) is 3. The first-order valence-corrected chi connectivity index (χ1v) is 10.7. The fourth-order valence-corrected chi connectivity index (χ4v) is 4.14. The number of aromatic nitrogens is 2. The number of morpholine rings is 1. The molecular formula is C24H30N4O2. The first-order valence-electron chi connectivity index (χ1n) is 10.7. The van der Waals surface area contributed by atoms with Gasteiger partial charge in [-0.3, -0.25) is 14.7 Å². The van der Waals surface area contributed by atoms with Crippen molar-refractivity contribution in [1.82, 2.24) is 19.8 Å². The molecule has 1 aliphatic rings. The number of carbonyl (C=O) groups is 1. The monoisotopic (exact) mass is 406 g/mol. The zero-order valence-electron chi connectivity index (χ0n) is 17.6. The Morgan fingerprint density at radius 3 is 2.73 bits per heavy atom. The molecular weight excluding hydrogens is 376 g/mol. The number of H-pyrrole nitrogens is 1. The molecule has 1 saturated heterocycles. The standard InChI is InChI=1S/C24H30N4O2/c1-19-22(21-5-2-3-6-23(21)26-19)17-24(29)28(18-20-7-9-25-10-8-20)12-4-11-27-13-15-30-16-14-27/h2-3,5-10,26H,4,11-18H2,1H3. The Bertz CT molecular complexity index is 964. The van der Waals surface area contributed by atoms with E-state index in [-0.39, 0.29) is 5.91 Å². The number of para-hydroxylation sites is 1. The van der Waals surface area contributed by atoms with Crippen molar-refractivity contribution in [1.29, 1.82) is 0 Å². The van der Waals surface area contributed by atoms with Crippen LogP contribution in [0, 0.1) is 6.92 Å². The average Bonchev–Trinajstić information content (AvgIpc) is 3.09. The topological polar surface area (TPSA) is 61.5 Å². The van der Waals surface area contributed by atoms with Crippen LogP contribution < -0.4 is 0 Å². The van der Waals surface area contributed by atoms with Gasteiger partial charge >= 0.3 is 0 Å². The second-order valence-corrected chi connectivity index (χ2v) is 7.93. The van der Waals surface area contributed by atoms with Gasteiger partial charge in [0.1, 0.15) is 0 Å². The summed E-state index contributed by atoms with van der Waals surface area (Å²) in [6, 6.07) is 12.2. The second-order valence-electron chi connectivity index (χ2n) is 7.93. The van der Waals surface area contributed by atoms with Gasteiger partial charge in [-0.15, -0.1) is 0 Å². The highest BCUT2D eigenvalue weighted by Crippen LogP contribution is 2.23. The number of ether oxygens (including phenoxy) is 1. The number of hydrogen-bond acceptors (Lipinski definition) is 4. The molecule has 0 spiro atoms. The maximum absolute atomic E-state index is 13.4. The van der Waals surface area contributed by atoms with E-state index in [0.717, 1.165) is 73.5 Å². The fourth-order valence-electron chi connectivity index (χ4n) is 4.14. The van der Waals surface area contributed by atoms with Gasteiger partial charge in [-0.1, -0.05) is 18.2 Å². The molecule has 6 heteroatoms. The van der Waals surface area contributed by atoms with Gasteiger partial charge in [0.05, 0.1) is 19.6 Å². The van der Waals surface area contributed by atoms with Gasteiger partial charge < -0.3 is 14.6 Å². The van der Waals surface area contributed by atoms with Crippen LogP contribution in [0.25, 0.3) is 10.9 Å². The van der Waals surface area contributed by atoms with Crippen molar-refractivity contribution < 1.29 is 9.53 Å². The smallest absolute Gasteiger partial charge is 0.227 e. The van der Waals surface area contributed by atoms with Gasteiger partial charge in [0.15, 0.2) is 0 Å². The number of rotatable bonds is 8. The van der Waals surface area contributed by atoms with Crippen molar-refractivity contribution in [2.24, 2.45) is 0 Å². The lowest BCUT2D eigenvalue weighted by atomic mass is 10.1. The van der Waals surface area contributed by atoms with Crippen LogP contribution in [0.4, 0.5) is 0 Å². The minimum absolute atomic E-state index is 0.168. The maximum Gasteiger partial charge on any atom is 0.227 e. The number of benzene rings is 1. The highest BCUT2D eigenvalue weighted by molar-refractivity contribution is 5.90. The third kappa shape index (κ3) is 5.07. The van der Waals surface area contributed by atoms with Crippen molar-refractivity contribution in [2.45, 2.75) is 26.3 Å². The molecule has 3 aromatic rings. The molecule has 1 N–H and O–H groups in total. The molecule has 0 radical (unpaired) electrons. The lowest BCUT2D eigenvalue weighted by molar-refractivity contribution is -0.131. The summed E-state index contributed by atoms with van der Waals surface area (Å²) in [5.41, 5.74) is 4.37. The number of carbonyl (C=O) groups excluding carboxylic acids is 1. The third-order valence-electron chi connectivity index (χ3n) is 5.84. The Labute approximate surface area is 177 Å². The van der Waals surface area contributed by atoms with Crippen molar-refractivity contribution in [2.75, 3.05) is 39.4 Å². The van der Waals surface area contributed by atoms with Crippen LogP contribution in [0.15, 0.2) is 48.8 Å². The molecule has 158 valence electrons. The first kappa shape index (κ1) is 20.6. The number of pyridine rings is 1. The maximum atomic E-state index is 13.4. The molecule has 30 heavy (non-hydrogen) atoms. The molecule has 0 saturated carbocycles. The minimum Gasteiger partial charge on any atom is -0.379 e. The molecule has 1 fully saturated rings. The molecule has 4 rings (SSSR count). The highest BCUT2D eigenvalue weighted by atomic mass is 16.5. The van der Waals surface area contributed by atoms with Crippen LogP contribution in [-0.4, -0.2) is 65.1 Å². The number of nitrogens with one attached hydrogen (secondary N) is 1. The second kappa shape index (κ2) is 9.87. The van der Waals surface area contributed by atoms with E-state index in [2.05, 4.69) is 27.0 Å². The molecule has 1 amide bonds. The Morgan fingerprint density at radius 2 is 1.93 bits per heavy atom. The van der Waals surface area contributed by atoms with Crippen LogP contribution in [0.1, 0.15) is 23.2 Å². The summed E-state index contributed by atoms with van der Waals surface area (Å²) in [5, 5.41) is 1.14. The van der Waals surface area contributed by atoms with E-state index >= 15 is 0 Å². The lowest BCUT2D eigenvalue weighted by Gasteiger charge is -2.28. The van der Waals surface area contributed by atoms with Crippen LogP contribution in [-0.2, 0) is 22.5 Å². The molecule has 0 atom stereocenters. The van der Waals surface area contributed by atoms with E-state index in [9.17, 15) is 4.79 Å². The van der Waals surface area contributed by atoms with Gasteiger partial charge in [-0.25, -0.2) is 0 Å². The average molecular weight is 407 g/mol. The van der Waals surface area contributed by atoms with Gasteiger partial charge in [0, 0.05) is 61.7 Å². The molecule has 1 aliphatic heterocycles. The predicted molar refractivity (Wildman–Crippen MR) is 118 cm³/mol. The SMILES string of the molecule is Cc1[nH]c2ccccc2c1CC(=O)N(CCCN1CCOCC1)Cc1ccncc1. The van der Waals surface area contributed by atoms with E-state index in [0.29, 0.717) is 13.0 Å². The Kier molecular flexibility index (Phi) is 6.77.